The molecule has 1 aromatic heterocycles. The van der Waals surface area contributed by atoms with E-state index in [1.807, 2.05) is 6.20 Å². The molecule has 0 bridgehead atoms. The molecule has 3 heteroatoms. The maximum Gasteiger partial charge on any atom is 0.0675 e. The fourth-order valence-electron chi connectivity index (χ4n) is 3.06. The highest BCUT2D eigenvalue weighted by molar-refractivity contribution is 5.39. The predicted molar refractivity (Wildman–Crippen MR) is 88.1 cm³/mol. The van der Waals surface area contributed by atoms with Crippen molar-refractivity contribution in [1.29, 1.82) is 0 Å². The summed E-state index contributed by atoms with van der Waals surface area (Å²) in [7, 11) is 0. The van der Waals surface area contributed by atoms with Gasteiger partial charge in [0.15, 0.2) is 0 Å². The van der Waals surface area contributed by atoms with Crippen LogP contribution in [0.2, 0.25) is 0 Å². The topological polar surface area (TPSA) is 50.9 Å². The van der Waals surface area contributed by atoms with E-state index in [4.69, 9.17) is 5.84 Å². The molecule has 3 nitrogen and oxygen atoms in total. The first-order valence-corrected chi connectivity index (χ1v) is 7.38. The van der Waals surface area contributed by atoms with E-state index < -0.39 is 0 Å². The molecule has 0 amide bonds. The van der Waals surface area contributed by atoms with Gasteiger partial charge in [-0.05, 0) is 68.9 Å². The van der Waals surface area contributed by atoms with Crippen LogP contribution in [-0.2, 0) is 6.42 Å². The van der Waals surface area contributed by atoms with Gasteiger partial charge in [-0.15, -0.1) is 0 Å². The standard InChI is InChI=1S/C18H25N3/c1-11-6-13(3)16(14(4)7-11)9-17(21-19)18-15(5)8-12(2)10-20-18/h6-8,10,17,21H,9,19H2,1-5H3. The van der Waals surface area contributed by atoms with Gasteiger partial charge in [0.1, 0.15) is 0 Å². The minimum absolute atomic E-state index is 0.0331. The number of hydrogen-bond donors (Lipinski definition) is 2. The Morgan fingerprint density at radius 3 is 2.05 bits per heavy atom. The van der Waals surface area contributed by atoms with E-state index in [2.05, 4.69) is 63.2 Å². The molecule has 1 unspecified atom stereocenters. The van der Waals surface area contributed by atoms with Crippen LogP contribution in [-0.4, -0.2) is 4.98 Å². The molecule has 0 fully saturated rings. The molecule has 0 saturated heterocycles. The zero-order valence-electron chi connectivity index (χ0n) is 13.6. The third-order valence-corrected chi connectivity index (χ3v) is 4.04. The lowest BCUT2D eigenvalue weighted by atomic mass is 9.92. The molecule has 1 heterocycles. The number of hydrogen-bond acceptors (Lipinski definition) is 3. The smallest absolute Gasteiger partial charge is 0.0675 e. The van der Waals surface area contributed by atoms with Crippen molar-refractivity contribution in [2.45, 2.75) is 47.1 Å². The van der Waals surface area contributed by atoms with E-state index in [9.17, 15) is 0 Å². The van der Waals surface area contributed by atoms with E-state index in [0.29, 0.717) is 0 Å². The van der Waals surface area contributed by atoms with E-state index in [0.717, 1.165) is 12.1 Å². The molecular formula is C18H25N3. The first-order chi connectivity index (χ1) is 9.92. The molecule has 1 atom stereocenters. The Hall–Kier alpha value is -1.71. The number of pyridine rings is 1. The zero-order valence-corrected chi connectivity index (χ0v) is 13.6. The Bertz CT molecular complexity index is 624. The molecular weight excluding hydrogens is 258 g/mol. The Morgan fingerprint density at radius 2 is 1.52 bits per heavy atom. The van der Waals surface area contributed by atoms with Crippen LogP contribution in [0.1, 0.15) is 45.1 Å². The van der Waals surface area contributed by atoms with Gasteiger partial charge in [-0.2, -0.15) is 0 Å². The van der Waals surface area contributed by atoms with Crippen LogP contribution < -0.4 is 11.3 Å². The fourth-order valence-corrected chi connectivity index (χ4v) is 3.06. The Morgan fingerprint density at radius 1 is 0.952 bits per heavy atom. The number of rotatable bonds is 4. The average molecular weight is 283 g/mol. The number of benzene rings is 1. The molecule has 0 aliphatic carbocycles. The molecule has 21 heavy (non-hydrogen) atoms. The highest BCUT2D eigenvalue weighted by Crippen LogP contribution is 2.24. The molecule has 0 aliphatic rings. The van der Waals surface area contributed by atoms with E-state index in [-0.39, 0.29) is 6.04 Å². The van der Waals surface area contributed by atoms with Crippen LogP contribution in [0.5, 0.6) is 0 Å². The monoisotopic (exact) mass is 283 g/mol. The molecule has 0 saturated carbocycles. The molecule has 112 valence electrons. The zero-order chi connectivity index (χ0) is 15.6. The highest BCUT2D eigenvalue weighted by Gasteiger charge is 2.17. The number of hydrazine groups is 1. The molecule has 0 aliphatic heterocycles. The number of nitrogens with one attached hydrogen (secondary N) is 1. The van der Waals surface area contributed by atoms with Gasteiger partial charge < -0.3 is 0 Å². The minimum atomic E-state index is 0.0331. The lowest BCUT2D eigenvalue weighted by Gasteiger charge is -2.20. The summed E-state index contributed by atoms with van der Waals surface area (Å²) in [5.74, 6) is 5.80. The van der Waals surface area contributed by atoms with Gasteiger partial charge >= 0.3 is 0 Å². The Labute approximate surface area is 127 Å². The lowest BCUT2D eigenvalue weighted by Crippen LogP contribution is -2.31. The maximum absolute atomic E-state index is 5.80. The van der Waals surface area contributed by atoms with Gasteiger partial charge in [0.25, 0.3) is 0 Å². The average Bonchev–Trinajstić information content (AvgIpc) is 2.39. The third kappa shape index (κ3) is 3.49. The molecule has 2 rings (SSSR count). The van der Waals surface area contributed by atoms with Crippen LogP contribution in [0.15, 0.2) is 24.4 Å². The number of nitrogens with zero attached hydrogens (tertiary/aromatic N) is 1. The van der Waals surface area contributed by atoms with Crippen molar-refractivity contribution >= 4 is 0 Å². The van der Waals surface area contributed by atoms with Crippen molar-refractivity contribution in [3.05, 3.63) is 63.5 Å². The molecule has 1 aromatic carbocycles. The first-order valence-electron chi connectivity index (χ1n) is 7.38. The number of nitrogens with two attached hydrogens (primary N) is 1. The van der Waals surface area contributed by atoms with Crippen LogP contribution in [0.4, 0.5) is 0 Å². The quantitative estimate of drug-likeness (QED) is 0.668. The largest absolute Gasteiger partial charge is 0.271 e. The van der Waals surface area contributed by atoms with Crippen LogP contribution >= 0.6 is 0 Å². The summed E-state index contributed by atoms with van der Waals surface area (Å²) in [6.45, 7) is 10.6. The number of aryl methyl sites for hydroxylation is 5. The second-order valence-electron chi connectivity index (χ2n) is 6.02. The summed E-state index contributed by atoms with van der Waals surface area (Å²) >= 11 is 0. The number of aromatic nitrogens is 1. The summed E-state index contributed by atoms with van der Waals surface area (Å²) in [6.07, 6.45) is 2.76. The van der Waals surface area contributed by atoms with E-state index in [1.165, 1.54) is 33.4 Å². The lowest BCUT2D eigenvalue weighted by molar-refractivity contribution is 0.533. The van der Waals surface area contributed by atoms with Gasteiger partial charge in [-0.3, -0.25) is 16.3 Å². The van der Waals surface area contributed by atoms with Gasteiger partial charge in [0, 0.05) is 6.20 Å². The third-order valence-electron chi connectivity index (χ3n) is 4.04. The maximum atomic E-state index is 5.80. The van der Waals surface area contributed by atoms with Gasteiger partial charge in [-0.1, -0.05) is 23.8 Å². The van der Waals surface area contributed by atoms with Crippen molar-refractivity contribution in [3.63, 3.8) is 0 Å². The highest BCUT2D eigenvalue weighted by atomic mass is 15.2. The summed E-state index contributed by atoms with van der Waals surface area (Å²) in [5.41, 5.74) is 11.6. The summed E-state index contributed by atoms with van der Waals surface area (Å²) in [4.78, 5) is 4.58. The molecule has 0 radical (unpaired) electrons. The summed E-state index contributed by atoms with van der Waals surface area (Å²) < 4.78 is 0. The van der Waals surface area contributed by atoms with Crippen LogP contribution in [0, 0.1) is 34.6 Å². The molecule has 3 N–H and O–H groups in total. The second kappa shape index (κ2) is 6.37. The summed E-state index contributed by atoms with van der Waals surface area (Å²) in [5, 5.41) is 0. The predicted octanol–water partition coefficient (Wildman–Crippen LogP) is 3.37. The van der Waals surface area contributed by atoms with Gasteiger partial charge in [-0.25, -0.2) is 0 Å². The fraction of sp³-hybridized carbons (Fsp3) is 0.389. The molecule has 0 spiro atoms. The van der Waals surface area contributed by atoms with E-state index >= 15 is 0 Å². The van der Waals surface area contributed by atoms with Crippen molar-refractivity contribution < 1.29 is 0 Å². The van der Waals surface area contributed by atoms with Gasteiger partial charge in [0.2, 0.25) is 0 Å². The SMILES string of the molecule is Cc1cnc(C(Cc2c(C)cc(C)cc2C)NN)c(C)c1. The summed E-state index contributed by atoms with van der Waals surface area (Å²) in [6, 6.07) is 6.64. The van der Waals surface area contributed by atoms with Crippen LogP contribution in [0.3, 0.4) is 0 Å². The second-order valence-corrected chi connectivity index (χ2v) is 6.02. The normalized spacial score (nSPS) is 12.5. The Balaban J connectivity index is 2.36. The van der Waals surface area contributed by atoms with Crippen molar-refractivity contribution in [2.75, 3.05) is 0 Å². The molecule has 2 aromatic rings. The van der Waals surface area contributed by atoms with Crippen LogP contribution in [0.25, 0.3) is 0 Å². The van der Waals surface area contributed by atoms with E-state index in [1.54, 1.807) is 0 Å². The van der Waals surface area contributed by atoms with Crippen molar-refractivity contribution in [3.8, 4) is 0 Å². The van der Waals surface area contributed by atoms with Crippen molar-refractivity contribution in [2.24, 2.45) is 5.84 Å². The van der Waals surface area contributed by atoms with Gasteiger partial charge in [0.05, 0.1) is 11.7 Å². The Kier molecular flexibility index (Phi) is 4.76. The van der Waals surface area contributed by atoms with Crippen molar-refractivity contribution in [1.82, 2.24) is 10.4 Å². The first kappa shape index (κ1) is 15.7. The minimum Gasteiger partial charge on any atom is -0.271 e.